The van der Waals surface area contributed by atoms with E-state index < -0.39 is 0 Å². The predicted octanol–water partition coefficient (Wildman–Crippen LogP) is 3.97. The molecular weight excluding hydrogens is 272 g/mol. The molecule has 0 aliphatic rings. The first-order chi connectivity index (χ1) is 9.72. The summed E-state index contributed by atoms with van der Waals surface area (Å²) in [4.78, 5) is 0. The molecular formula is C16H15ClN2O. The number of hydrogen-bond acceptors (Lipinski definition) is 3. The Morgan fingerprint density at radius 1 is 1.20 bits per heavy atom. The van der Waals surface area contributed by atoms with Crippen LogP contribution in [0, 0.1) is 11.3 Å². The number of halogens is 1. The van der Waals surface area contributed by atoms with Crippen LogP contribution in [0.2, 0.25) is 5.02 Å². The Morgan fingerprint density at radius 3 is 2.75 bits per heavy atom. The highest BCUT2D eigenvalue weighted by molar-refractivity contribution is 6.30. The maximum Gasteiger partial charge on any atom is 0.101 e. The summed E-state index contributed by atoms with van der Waals surface area (Å²) in [5, 5.41) is 12.9. The zero-order valence-electron chi connectivity index (χ0n) is 11.2. The van der Waals surface area contributed by atoms with E-state index in [0.29, 0.717) is 23.7 Å². The molecule has 102 valence electrons. The van der Waals surface area contributed by atoms with Crippen LogP contribution in [0.15, 0.2) is 42.5 Å². The lowest BCUT2D eigenvalue weighted by Crippen LogP contribution is -2.02. The van der Waals surface area contributed by atoms with Crippen LogP contribution in [0.3, 0.4) is 0 Å². The smallest absolute Gasteiger partial charge is 0.101 e. The lowest BCUT2D eigenvalue weighted by Gasteiger charge is -2.10. The number of anilines is 1. The first-order valence-electron chi connectivity index (χ1n) is 6.23. The Kier molecular flexibility index (Phi) is 5.00. The molecule has 0 radical (unpaired) electrons. The summed E-state index contributed by atoms with van der Waals surface area (Å²) in [7, 11) is 1.68. The predicted molar refractivity (Wildman–Crippen MR) is 80.6 cm³/mol. The molecule has 0 aliphatic carbocycles. The van der Waals surface area contributed by atoms with Crippen LogP contribution in [-0.2, 0) is 17.9 Å². The van der Waals surface area contributed by atoms with Gasteiger partial charge in [-0.2, -0.15) is 5.26 Å². The Labute approximate surface area is 123 Å². The van der Waals surface area contributed by atoms with Crippen LogP contribution in [0.1, 0.15) is 16.7 Å². The third-order valence-corrected chi connectivity index (χ3v) is 3.12. The van der Waals surface area contributed by atoms with Crippen LogP contribution >= 0.6 is 11.6 Å². The van der Waals surface area contributed by atoms with Crippen molar-refractivity contribution in [2.75, 3.05) is 12.4 Å². The molecule has 0 saturated carbocycles. The molecule has 2 rings (SSSR count). The van der Waals surface area contributed by atoms with Crippen molar-refractivity contribution in [2.45, 2.75) is 13.2 Å². The SMILES string of the molecule is COCc1cccc(CNc2cc(Cl)ccc2C#N)c1. The van der Waals surface area contributed by atoms with E-state index in [1.54, 1.807) is 25.3 Å². The highest BCUT2D eigenvalue weighted by Gasteiger charge is 2.03. The van der Waals surface area contributed by atoms with Gasteiger partial charge in [-0.25, -0.2) is 0 Å². The standard InChI is InChI=1S/C16H15ClN2O/c1-20-11-13-4-2-3-12(7-13)10-19-16-8-15(17)6-5-14(16)9-18/h2-8,19H,10-11H2,1H3. The van der Waals surface area contributed by atoms with Crippen molar-refractivity contribution in [1.29, 1.82) is 5.26 Å². The van der Waals surface area contributed by atoms with Crippen molar-refractivity contribution >= 4 is 17.3 Å². The van der Waals surface area contributed by atoms with Gasteiger partial charge in [-0.15, -0.1) is 0 Å². The zero-order valence-corrected chi connectivity index (χ0v) is 11.9. The first-order valence-corrected chi connectivity index (χ1v) is 6.61. The highest BCUT2D eigenvalue weighted by Crippen LogP contribution is 2.21. The normalized spacial score (nSPS) is 10.1. The second-order valence-corrected chi connectivity index (χ2v) is 4.84. The van der Waals surface area contributed by atoms with Crippen molar-refractivity contribution in [2.24, 2.45) is 0 Å². The lowest BCUT2D eigenvalue weighted by molar-refractivity contribution is 0.185. The average Bonchev–Trinajstić information content (AvgIpc) is 2.46. The van der Waals surface area contributed by atoms with Crippen LogP contribution in [0.5, 0.6) is 0 Å². The third-order valence-electron chi connectivity index (χ3n) is 2.89. The van der Waals surface area contributed by atoms with Gasteiger partial charge >= 0.3 is 0 Å². The van der Waals surface area contributed by atoms with Crippen LogP contribution < -0.4 is 5.32 Å². The van der Waals surface area contributed by atoms with Gasteiger partial charge in [0.15, 0.2) is 0 Å². The number of rotatable bonds is 5. The van der Waals surface area contributed by atoms with E-state index in [4.69, 9.17) is 21.6 Å². The Morgan fingerprint density at radius 2 is 2.00 bits per heavy atom. The van der Waals surface area contributed by atoms with Crippen molar-refractivity contribution in [3.63, 3.8) is 0 Å². The molecule has 0 aromatic heterocycles. The van der Waals surface area contributed by atoms with Gasteiger partial charge in [0.1, 0.15) is 6.07 Å². The summed E-state index contributed by atoms with van der Waals surface area (Å²) in [6.07, 6.45) is 0. The Bertz CT molecular complexity index is 635. The largest absolute Gasteiger partial charge is 0.380 e. The van der Waals surface area contributed by atoms with Crippen molar-refractivity contribution in [1.82, 2.24) is 0 Å². The monoisotopic (exact) mass is 286 g/mol. The lowest BCUT2D eigenvalue weighted by atomic mass is 10.1. The van der Waals surface area contributed by atoms with Crippen LogP contribution in [-0.4, -0.2) is 7.11 Å². The third kappa shape index (κ3) is 3.74. The van der Waals surface area contributed by atoms with Gasteiger partial charge in [0, 0.05) is 18.7 Å². The van der Waals surface area contributed by atoms with Gasteiger partial charge in [-0.3, -0.25) is 0 Å². The fraction of sp³-hybridized carbons (Fsp3) is 0.188. The molecule has 3 nitrogen and oxygen atoms in total. The van der Waals surface area contributed by atoms with Crippen LogP contribution in [0.25, 0.3) is 0 Å². The van der Waals surface area contributed by atoms with Crippen molar-refractivity contribution in [3.8, 4) is 6.07 Å². The van der Waals surface area contributed by atoms with Gasteiger partial charge in [-0.1, -0.05) is 35.9 Å². The minimum atomic E-state index is 0.586. The number of benzene rings is 2. The fourth-order valence-electron chi connectivity index (χ4n) is 1.95. The van der Waals surface area contributed by atoms with Crippen LogP contribution in [0.4, 0.5) is 5.69 Å². The van der Waals surface area contributed by atoms with Gasteiger partial charge in [0.2, 0.25) is 0 Å². The molecule has 0 fully saturated rings. The molecule has 0 aliphatic heterocycles. The second-order valence-electron chi connectivity index (χ2n) is 4.41. The van der Waals surface area contributed by atoms with E-state index in [1.165, 1.54) is 0 Å². The minimum Gasteiger partial charge on any atom is -0.380 e. The van der Waals surface area contributed by atoms with Gasteiger partial charge in [0.05, 0.1) is 17.9 Å². The summed E-state index contributed by atoms with van der Waals surface area (Å²) in [5.74, 6) is 0. The minimum absolute atomic E-state index is 0.586. The Hall–Kier alpha value is -2.02. The summed E-state index contributed by atoms with van der Waals surface area (Å²) < 4.78 is 5.12. The molecule has 0 bridgehead atoms. The maximum absolute atomic E-state index is 9.07. The maximum atomic E-state index is 9.07. The molecule has 1 N–H and O–H groups in total. The summed E-state index contributed by atoms with van der Waals surface area (Å²) in [6, 6.07) is 15.5. The molecule has 2 aromatic carbocycles. The van der Waals surface area contributed by atoms with Gasteiger partial charge in [-0.05, 0) is 29.3 Å². The number of hydrogen-bond donors (Lipinski definition) is 1. The molecule has 20 heavy (non-hydrogen) atoms. The molecule has 0 unspecified atom stereocenters. The molecule has 0 saturated heterocycles. The molecule has 0 amide bonds. The van der Waals surface area contributed by atoms with E-state index in [0.717, 1.165) is 16.8 Å². The van der Waals surface area contributed by atoms with E-state index >= 15 is 0 Å². The number of nitrogens with zero attached hydrogens (tertiary/aromatic N) is 1. The summed E-state index contributed by atoms with van der Waals surface area (Å²) in [6.45, 7) is 1.22. The summed E-state index contributed by atoms with van der Waals surface area (Å²) in [5.41, 5.74) is 3.58. The van der Waals surface area contributed by atoms with Crippen molar-refractivity contribution < 1.29 is 4.74 Å². The Balaban J connectivity index is 2.11. The van der Waals surface area contributed by atoms with E-state index in [2.05, 4.69) is 17.5 Å². The summed E-state index contributed by atoms with van der Waals surface area (Å²) >= 11 is 5.96. The number of nitriles is 1. The molecule has 2 aromatic rings. The quantitative estimate of drug-likeness (QED) is 0.904. The number of nitrogens with one attached hydrogen (secondary N) is 1. The molecule has 4 heteroatoms. The fourth-order valence-corrected chi connectivity index (χ4v) is 2.13. The molecule has 0 spiro atoms. The van der Waals surface area contributed by atoms with Gasteiger partial charge in [0.25, 0.3) is 0 Å². The zero-order chi connectivity index (χ0) is 14.4. The van der Waals surface area contributed by atoms with E-state index in [1.807, 2.05) is 18.2 Å². The highest BCUT2D eigenvalue weighted by atomic mass is 35.5. The molecule has 0 heterocycles. The first kappa shape index (κ1) is 14.4. The number of methoxy groups -OCH3 is 1. The second kappa shape index (κ2) is 6.95. The average molecular weight is 287 g/mol. The topological polar surface area (TPSA) is 45.0 Å². The van der Waals surface area contributed by atoms with E-state index in [-0.39, 0.29) is 0 Å². The number of ether oxygens (including phenoxy) is 1. The van der Waals surface area contributed by atoms with Crippen molar-refractivity contribution in [3.05, 3.63) is 64.2 Å². The molecule has 0 atom stereocenters. The van der Waals surface area contributed by atoms with E-state index in [9.17, 15) is 0 Å². The van der Waals surface area contributed by atoms with Gasteiger partial charge < -0.3 is 10.1 Å².